The Morgan fingerprint density at radius 3 is 2.75 bits per heavy atom. The summed E-state index contributed by atoms with van der Waals surface area (Å²) in [6.45, 7) is 4.04. The van der Waals surface area contributed by atoms with Crippen molar-refractivity contribution in [2.24, 2.45) is 17.3 Å². The highest BCUT2D eigenvalue weighted by molar-refractivity contribution is 6.00. The van der Waals surface area contributed by atoms with Crippen molar-refractivity contribution < 1.29 is 19.4 Å². The molecule has 1 saturated heterocycles. The van der Waals surface area contributed by atoms with E-state index in [2.05, 4.69) is 13.0 Å². The van der Waals surface area contributed by atoms with Crippen LogP contribution < -0.4 is 0 Å². The molecule has 0 radical (unpaired) electrons. The number of esters is 1. The second-order valence-electron chi connectivity index (χ2n) is 7.98. The van der Waals surface area contributed by atoms with E-state index in [1.807, 2.05) is 13.0 Å². The van der Waals surface area contributed by atoms with E-state index in [0.717, 1.165) is 51.4 Å². The molecule has 4 nitrogen and oxygen atoms in total. The summed E-state index contributed by atoms with van der Waals surface area (Å²) < 4.78 is 5.56. The van der Waals surface area contributed by atoms with Crippen LogP contribution in [0.15, 0.2) is 12.2 Å². The van der Waals surface area contributed by atoms with Crippen LogP contribution in [0.4, 0.5) is 0 Å². The van der Waals surface area contributed by atoms with Crippen LogP contribution in [-0.4, -0.2) is 28.6 Å². The number of carbonyl (C=O) groups is 2. The van der Waals surface area contributed by atoms with Gasteiger partial charge in [-0.2, -0.15) is 0 Å². The Hall–Kier alpha value is -1.16. The van der Waals surface area contributed by atoms with Gasteiger partial charge >= 0.3 is 5.97 Å². The molecule has 0 amide bonds. The van der Waals surface area contributed by atoms with Gasteiger partial charge in [0.15, 0.2) is 0 Å². The van der Waals surface area contributed by atoms with E-state index < -0.39 is 17.1 Å². The quantitative estimate of drug-likeness (QED) is 0.439. The van der Waals surface area contributed by atoms with Crippen LogP contribution >= 0.6 is 0 Å². The summed E-state index contributed by atoms with van der Waals surface area (Å²) in [4.78, 5) is 25.1. The molecule has 0 aromatic rings. The molecule has 3 aliphatic rings. The van der Waals surface area contributed by atoms with E-state index in [9.17, 15) is 14.7 Å². The van der Waals surface area contributed by atoms with Crippen molar-refractivity contribution in [1.82, 2.24) is 0 Å². The van der Waals surface area contributed by atoms with Gasteiger partial charge in [-0.25, -0.2) is 0 Å². The monoisotopic (exact) mass is 334 g/mol. The lowest BCUT2D eigenvalue weighted by molar-refractivity contribution is -0.263. The summed E-state index contributed by atoms with van der Waals surface area (Å²) in [7, 11) is 0. The summed E-state index contributed by atoms with van der Waals surface area (Å²) in [5.74, 6) is -0.577. The predicted molar refractivity (Wildman–Crippen MR) is 91.3 cm³/mol. The van der Waals surface area contributed by atoms with Gasteiger partial charge in [0, 0.05) is 12.3 Å². The first-order chi connectivity index (χ1) is 11.5. The average molecular weight is 334 g/mol. The van der Waals surface area contributed by atoms with E-state index in [4.69, 9.17) is 4.74 Å². The van der Waals surface area contributed by atoms with E-state index in [1.165, 1.54) is 0 Å². The van der Waals surface area contributed by atoms with Gasteiger partial charge in [0.05, 0.1) is 12.0 Å². The number of aliphatic hydroxyl groups excluding tert-OH is 1. The summed E-state index contributed by atoms with van der Waals surface area (Å²) in [5.41, 5.74) is -1.84. The molecule has 1 N–H and O–H groups in total. The van der Waals surface area contributed by atoms with Crippen molar-refractivity contribution in [3.63, 3.8) is 0 Å². The predicted octanol–water partition coefficient (Wildman–Crippen LogP) is 3.56. The number of ether oxygens (including phenoxy) is 1. The van der Waals surface area contributed by atoms with Gasteiger partial charge in [0.25, 0.3) is 0 Å². The third kappa shape index (κ3) is 2.45. The second kappa shape index (κ2) is 6.62. The highest BCUT2D eigenvalue weighted by atomic mass is 16.6. The number of Topliss-reactive ketones (excluding diaryl/α,β-unsaturated/α-hetero) is 1. The molecular formula is C20H30O4. The van der Waals surface area contributed by atoms with E-state index in [0.29, 0.717) is 0 Å². The van der Waals surface area contributed by atoms with Crippen LogP contribution in [0.2, 0.25) is 0 Å². The molecule has 24 heavy (non-hydrogen) atoms. The zero-order valence-corrected chi connectivity index (χ0v) is 14.9. The summed E-state index contributed by atoms with van der Waals surface area (Å²) in [5, 5.41) is 11.0. The average Bonchev–Trinajstić information content (AvgIpc) is 2.76. The highest BCUT2D eigenvalue weighted by Gasteiger charge is 2.78. The van der Waals surface area contributed by atoms with Crippen molar-refractivity contribution in [2.45, 2.75) is 83.3 Å². The lowest BCUT2D eigenvalue weighted by Crippen LogP contribution is -2.70. The van der Waals surface area contributed by atoms with Crippen LogP contribution in [-0.2, 0) is 14.3 Å². The van der Waals surface area contributed by atoms with Crippen molar-refractivity contribution >= 4 is 11.8 Å². The first kappa shape index (κ1) is 17.7. The maximum Gasteiger partial charge on any atom is 0.319 e. The molecule has 0 bridgehead atoms. The second-order valence-corrected chi connectivity index (χ2v) is 7.98. The third-order valence-corrected chi connectivity index (χ3v) is 6.61. The molecule has 1 aliphatic heterocycles. The van der Waals surface area contributed by atoms with Crippen molar-refractivity contribution in [3.05, 3.63) is 12.2 Å². The number of unbranched alkanes of at least 4 members (excludes halogenated alkanes) is 3. The maximum atomic E-state index is 12.7. The van der Waals surface area contributed by atoms with Gasteiger partial charge in [-0.3, -0.25) is 9.59 Å². The lowest BCUT2D eigenvalue weighted by Gasteiger charge is -2.55. The number of carbonyl (C=O) groups excluding carboxylic acids is 2. The smallest absolute Gasteiger partial charge is 0.319 e. The molecule has 0 aromatic carbocycles. The minimum absolute atomic E-state index is 0.0439. The van der Waals surface area contributed by atoms with Gasteiger partial charge in [-0.15, -0.1) is 0 Å². The van der Waals surface area contributed by atoms with E-state index in [-0.39, 0.29) is 30.0 Å². The maximum absolute atomic E-state index is 12.7. The first-order valence-electron chi connectivity index (χ1n) is 9.58. The highest BCUT2D eigenvalue weighted by Crippen LogP contribution is 2.62. The number of ketones is 1. The molecule has 2 aliphatic carbocycles. The Morgan fingerprint density at radius 1 is 1.33 bits per heavy atom. The zero-order chi connectivity index (χ0) is 17.4. The van der Waals surface area contributed by atoms with Gasteiger partial charge in [-0.05, 0) is 32.6 Å². The van der Waals surface area contributed by atoms with Crippen LogP contribution in [0.5, 0.6) is 0 Å². The van der Waals surface area contributed by atoms with Gasteiger partial charge in [0.1, 0.15) is 16.8 Å². The molecule has 1 unspecified atom stereocenters. The Morgan fingerprint density at radius 2 is 2.12 bits per heavy atom. The third-order valence-electron chi connectivity index (χ3n) is 6.61. The largest absolute Gasteiger partial charge is 0.457 e. The van der Waals surface area contributed by atoms with Crippen LogP contribution in [0.1, 0.15) is 71.6 Å². The minimum Gasteiger partial charge on any atom is -0.457 e. The molecule has 1 saturated carbocycles. The molecule has 3 rings (SSSR count). The van der Waals surface area contributed by atoms with Crippen LogP contribution in [0.3, 0.4) is 0 Å². The zero-order valence-electron chi connectivity index (χ0n) is 14.9. The minimum atomic E-state index is -1.02. The van der Waals surface area contributed by atoms with Gasteiger partial charge < -0.3 is 9.84 Å². The summed E-state index contributed by atoms with van der Waals surface area (Å²) in [6, 6.07) is 0. The topological polar surface area (TPSA) is 63.6 Å². The van der Waals surface area contributed by atoms with E-state index >= 15 is 0 Å². The first-order valence-corrected chi connectivity index (χ1v) is 9.58. The van der Waals surface area contributed by atoms with E-state index in [1.54, 1.807) is 0 Å². The molecule has 2 fully saturated rings. The standard InChI is InChI=1S/C20H30O4/c1-3-4-5-9-12-15-16(21)13-20(18(23)24-19(15,20)2)17(22)14-10-7-6-8-11-14/h7,10,14-15,17,22H,3-6,8-9,11-13H2,1-2H3/t14-,15+,17?,19+,20-/m1/s1. The summed E-state index contributed by atoms with van der Waals surface area (Å²) >= 11 is 0. The van der Waals surface area contributed by atoms with Gasteiger partial charge in [0.2, 0.25) is 0 Å². The SMILES string of the molecule is CCCCCC[C@H]1C(=O)C[C@@]2(C(O)[C@@H]3C=CCCC3)C(=O)O[C@@]12C. The Balaban J connectivity index is 1.79. The Kier molecular flexibility index (Phi) is 4.87. The molecule has 4 heteroatoms. The number of aliphatic hydroxyl groups is 1. The fourth-order valence-corrected chi connectivity index (χ4v) is 5.06. The number of rotatable bonds is 7. The fraction of sp³-hybridized carbons (Fsp3) is 0.800. The number of fused-ring (bicyclic) bond motifs is 1. The van der Waals surface area contributed by atoms with Crippen LogP contribution in [0, 0.1) is 17.3 Å². The fourth-order valence-electron chi connectivity index (χ4n) is 5.06. The molecule has 5 atom stereocenters. The van der Waals surface area contributed by atoms with Crippen LogP contribution in [0.25, 0.3) is 0 Å². The number of allylic oxidation sites excluding steroid dienone is 1. The van der Waals surface area contributed by atoms with Crippen molar-refractivity contribution in [2.75, 3.05) is 0 Å². The molecule has 1 heterocycles. The Bertz CT molecular complexity index is 540. The van der Waals surface area contributed by atoms with Crippen molar-refractivity contribution in [1.29, 1.82) is 0 Å². The molecule has 0 spiro atoms. The number of hydrogen-bond acceptors (Lipinski definition) is 4. The normalized spacial score (nSPS) is 39.3. The number of hydrogen-bond donors (Lipinski definition) is 1. The van der Waals surface area contributed by atoms with Gasteiger partial charge in [-0.1, -0.05) is 44.8 Å². The summed E-state index contributed by atoms with van der Waals surface area (Å²) in [6.07, 6.45) is 11.5. The van der Waals surface area contributed by atoms with Crippen molar-refractivity contribution in [3.8, 4) is 0 Å². The lowest BCUT2D eigenvalue weighted by atomic mass is 9.60. The molecule has 0 aromatic heterocycles. The Labute approximate surface area is 144 Å². The molecular weight excluding hydrogens is 304 g/mol. The molecule has 134 valence electrons.